The molecular weight excluding hydrogens is 210 g/mol. The smallest absolute Gasteiger partial charge is 0.311 e. The van der Waals surface area contributed by atoms with Crippen molar-refractivity contribution < 1.29 is 14.7 Å². The van der Waals surface area contributed by atoms with Gasteiger partial charge in [0, 0.05) is 18.4 Å². The van der Waals surface area contributed by atoms with E-state index in [-0.39, 0.29) is 18.9 Å². The van der Waals surface area contributed by atoms with E-state index in [9.17, 15) is 9.59 Å². The van der Waals surface area contributed by atoms with Gasteiger partial charge >= 0.3 is 5.97 Å². The molecule has 0 unspecified atom stereocenters. The number of rotatable bonds is 5. The number of hydrogen-bond acceptors (Lipinski definition) is 3. The lowest BCUT2D eigenvalue weighted by molar-refractivity contribution is -0.143. The Bertz CT molecular complexity index is 395. The van der Waals surface area contributed by atoms with Crippen LogP contribution in [-0.4, -0.2) is 33.7 Å². The minimum Gasteiger partial charge on any atom is -0.481 e. The molecule has 1 aliphatic rings. The maximum absolute atomic E-state index is 11.5. The van der Waals surface area contributed by atoms with Crippen LogP contribution in [0.1, 0.15) is 18.5 Å². The molecule has 16 heavy (non-hydrogen) atoms. The fraction of sp³-hybridized carbons (Fsp3) is 0.500. The van der Waals surface area contributed by atoms with E-state index < -0.39 is 11.4 Å². The van der Waals surface area contributed by atoms with Crippen molar-refractivity contribution in [2.24, 2.45) is 5.41 Å². The van der Waals surface area contributed by atoms with Crippen molar-refractivity contribution in [2.75, 3.05) is 6.54 Å². The van der Waals surface area contributed by atoms with Crippen LogP contribution in [0, 0.1) is 5.41 Å². The molecule has 0 aromatic carbocycles. The number of aromatic amines is 1. The Morgan fingerprint density at radius 1 is 1.56 bits per heavy atom. The Morgan fingerprint density at radius 2 is 2.31 bits per heavy atom. The highest BCUT2D eigenvalue weighted by atomic mass is 16.4. The topological polar surface area (TPSA) is 95.1 Å². The predicted octanol–water partition coefficient (Wildman–Crippen LogP) is -0.0668. The van der Waals surface area contributed by atoms with E-state index in [1.807, 2.05) is 0 Å². The van der Waals surface area contributed by atoms with Crippen molar-refractivity contribution in [3.8, 4) is 0 Å². The van der Waals surface area contributed by atoms with Crippen LogP contribution in [0.3, 0.4) is 0 Å². The molecule has 0 spiro atoms. The van der Waals surface area contributed by atoms with Gasteiger partial charge in [0.15, 0.2) is 0 Å². The van der Waals surface area contributed by atoms with Gasteiger partial charge in [-0.2, -0.15) is 5.10 Å². The van der Waals surface area contributed by atoms with Gasteiger partial charge in [-0.05, 0) is 18.9 Å². The number of hydrogen-bond donors (Lipinski definition) is 3. The van der Waals surface area contributed by atoms with Crippen LogP contribution in [0.15, 0.2) is 12.3 Å². The molecule has 1 amide bonds. The van der Waals surface area contributed by atoms with E-state index in [0.717, 1.165) is 5.69 Å². The maximum Gasteiger partial charge on any atom is 0.311 e. The number of carboxylic acids is 1. The first-order valence-corrected chi connectivity index (χ1v) is 5.11. The van der Waals surface area contributed by atoms with Crippen molar-refractivity contribution in [1.29, 1.82) is 0 Å². The number of carbonyl (C=O) groups is 2. The summed E-state index contributed by atoms with van der Waals surface area (Å²) < 4.78 is 0. The summed E-state index contributed by atoms with van der Waals surface area (Å²) in [6.45, 7) is 0.218. The third-order valence-electron chi connectivity index (χ3n) is 2.84. The molecule has 0 bridgehead atoms. The van der Waals surface area contributed by atoms with Gasteiger partial charge in [0.1, 0.15) is 0 Å². The van der Waals surface area contributed by atoms with Gasteiger partial charge in [-0.1, -0.05) is 0 Å². The first-order valence-electron chi connectivity index (χ1n) is 5.11. The number of nitrogens with zero attached hydrogens (tertiary/aromatic N) is 1. The first kappa shape index (κ1) is 10.7. The second kappa shape index (κ2) is 3.96. The van der Waals surface area contributed by atoms with Crippen molar-refractivity contribution in [3.63, 3.8) is 0 Å². The van der Waals surface area contributed by atoms with Crippen LogP contribution in [0.5, 0.6) is 0 Å². The number of carboxylic acid groups (broad SMARTS) is 1. The molecule has 0 radical (unpaired) electrons. The van der Waals surface area contributed by atoms with Gasteiger partial charge < -0.3 is 10.4 Å². The van der Waals surface area contributed by atoms with Crippen LogP contribution in [-0.2, 0) is 16.0 Å². The van der Waals surface area contributed by atoms with Crippen LogP contribution in [0.25, 0.3) is 0 Å². The maximum atomic E-state index is 11.5. The molecule has 0 atom stereocenters. The summed E-state index contributed by atoms with van der Waals surface area (Å²) in [6, 6.07) is 1.71. The summed E-state index contributed by atoms with van der Waals surface area (Å²) in [7, 11) is 0. The second-order valence-corrected chi connectivity index (χ2v) is 4.12. The van der Waals surface area contributed by atoms with E-state index in [1.165, 1.54) is 0 Å². The number of nitrogens with one attached hydrogen (secondary N) is 2. The largest absolute Gasteiger partial charge is 0.481 e. The standard InChI is InChI=1S/C10H13N3O3/c14-8(5-7-1-4-12-13-7)11-6-10(2-3-10)9(15)16/h1,4H,2-3,5-6H2,(H,11,14)(H,12,13)(H,15,16). The molecule has 86 valence electrons. The molecule has 1 aliphatic carbocycles. The zero-order valence-electron chi connectivity index (χ0n) is 8.69. The fourth-order valence-corrected chi connectivity index (χ4v) is 1.50. The van der Waals surface area contributed by atoms with Crippen LogP contribution < -0.4 is 5.32 Å². The third kappa shape index (κ3) is 2.21. The molecule has 1 saturated carbocycles. The summed E-state index contributed by atoms with van der Waals surface area (Å²) in [5.74, 6) is -1.01. The Hall–Kier alpha value is -1.85. The molecule has 1 aromatic rings. The van der Waals surface area contributed by atoms with Gasteiger partial charge in [0.05, 0.1) is 11.8 Å². The quantitative estimate of drug-likeness (QED) is 0.651. The van der Waals surface area contributed by atoms with Crippen molar-refractivity contribution in [2.45, 2.75) is 19.3 Å². The van der Waals surface area contributed by atoms with Gasteiger partial charge in [0.25, 0.3) is 0 Å². The fourth-order valence-electron chi connectivity index (χ4n) is 1.50. The Labute approximate surface area is 92.0 Å². The zero-order valence-corrected chi connectivity index (χ0v) is 8.69. The lowest BCUT2D eigenvalue weighted by Gasteiger charge is -2.10. The van der Waals surface area contributed by atoms with E-state index in [1.54, 1.807) is 12.3 Å². The van der Waals surface area contributed by atoms with E-state index >= 15 is 0 Å². The average Bonchev–Trinajstić information content (AvgIpc) is 2.88. The Morgan fingerprint density at radius 3 is 2.81 bits per heavy atom. The van der Waals surface area contributed by atoms with Crippen molar-refractivity contribution >= 4 is 11.9 Å². The molecule has 1 aromatic heterocycles. The zero-order chi connectivity index (χ0) is 11.6. The number of aromatic nitrogens is 2. The molecule has 3 N–H and O–H groups in total. The lowest BCUT2D eigenvalue weighted by atomic mass is 10.1. The number of H-pyrrole nitrogens is 1. The van der Waals surface area contributed by atoms with Gasteiger partial charge in [0.2, 0.25) is 5.91 Å². The van der Waals surface area contributed by atoms with E-state index in [0.29, 0.717) is 12.8 Å². The molecule has 1 heterocycles. The SMILES string of the molecule is O=C(Cc1ccn[nH]1)NCC1(C(=O)O)CC1. The van der Waals surface area contributed by atoms with E-state index in [4.69, 9.17) is 5.11 Å². The highest BCUT2D eigenvalue weighted by Crippen LogP contribution is 2.45. The molecule has 6 heteroatoms. The van der Waals surface area contributed by atoms with Crippen LogP contribution in [0.4, 0.5) is 0 Å². The summed E-state index contributed by atoms with van der Waals surface area (Å²) >= 11 is 0. The Kier molecular flexibility index (Phi) is 2.64. The normalized spacial score (nSPS) is 16.8. The third-order valence-corrected chi connectivity index (χ3v) is 2.84. The summed E-state index contributed by atoms with van der Waals surface area (Å²) in [6.07, 6.45) is 3.07. The summed E-state index contributed by atoms with van der Waals surface area (Å²) in [5.41, 5.74) is 0.0153. The second-order valence-electron chi connectivity index (χ2n) is 4.12. The molecule has 2 rings (SSSR count). The number of carbonyl (C=O) groups excluding carboxylic acids is 1. The molecule has 1 fully saturated rings. The first-order chi connectivity index (χ1) is 7.62. The van der Waals surface area contributed by atoms with Gasteiger partial charge in [-0.15, -0.1) is 0 Å². The lowest BCUT2D eigenvalue weighted by Crippen LogP contribution is -2.35. The highest BCUT2D eigenvalue weighted by Gasteiger charge is 2.50. The highest BCUT2D eigenvalue weighted by molar-refractivity contribution is 5.81. The number of amides is 1. The van der Waals surface area contributed by atoms with Crippen molar-refractivity contribution in [3.05, 3.63) is 18.0 Å². The van der Waals surface area contributed by atoms with Crippen molar-refractivity contribution in [1.82, 2.24) is 15.5 Å². The van der Waals surface area contributed by atoms with Crippen LogP contribution in [0.2, 0.25) is 0 Å². The van der Waals surface area contributed by atoms with Crippen LogP contribution >= 0.6 is 0 Å². The number of aliphatic carboxylic acids is 1. The van der Waals surface area contributed by atoms with E-state index in [2.05, 4.69) is 15.5 Å². The summed E-state index contributed by atoms with van der Waals surface area (Å²) in [5, 5.41) is 17.9. The predicted molar refractivity (Wildman–Crippen MR) is 54.6 cm³/mol. The minimum atomic E-state index is -0.825. The Balaban J connectivity index is 1.78. The monoisotopic (exact) mass is 223 g/mol. The average molecular weight is 223 g/mol. The minimum absolute atomic E-state index is 0.184. The van der Waals surface area contributed by atoms with Gasteiger partial charge in [-0.3, -0.25) is 14.7 Å². The van der Waals surface area contributed by atoms with Gasteiger partial charge in [-0.25, -0.2) is 0 Å². The molecule has 6 nitrogen and oxygen atoms in total. The molecular formula is C10H13N3O3. The summed E-state index contributed by atoms with van der Waals surface area (Å²) in [4.78, 5) is 22.3. The molecule has 0 saturated heterocycles. The molecule has 0 aliphatic heterocycles.